The molecule has 0 aliphatic heterocycles. The van der Waals surface area contributed by atoms with E-state index in [0.29, 0.717) is 0 Å². The van der Waals surface area contributed by atoms with E-state index in [9.17, 15) is 17.6 Å². The van der Waals surface area contributed by atoms with Crippen LogP contribution in [0.2, 0.25) is 5.02 Å². The Balaban J connectivity index is 2.91. The number of alkyl halides is 3. The zero-order chi connectivity index (χ0) is 12.3. The van der Waals surface area contributed by atoms with Gasteiger partial charge in [-0.1, -0.05) is 23.7 Å². The molecule has 6 heteroatoms. The minimum atomic E-state index is -4.38. The van der Waals surface area contributed by atoms with Crippen LogP contribution in [0.15, 0.2) is 18.2 Å². The smallest absolute Gasteiger partial charge is 0.309 e. The lowest BCUT2D eigenvalue weighted by Gasteiger charge is -2.20. The van der Waals surface area contributed by atoms with Crippen molar-refractivity contribution in [2.24, 2.45) is 0 Å². The van der Waals surface area contributed by atoms with E-state index in [1.165, 1.54) is 19.2 Å². The molecule has 16 heavy (non-hydrogen) atoms. The molecule has 0 radical (unpaired) electrons. The number of hydrogen-bond donors (Lipinski definition) is 1. The fraction of sp³-hybridized carbons (Fsp3) is 0.400. The van der Waals surface area contributed by atoms with E-state index >= 15 is 0 Å². The first-order chi connectivity index (χ1) is 7.36. The third kappa shape index (κ3) is 3.09. The van der Waals surface area contributed by atoms with E-state index in [1.54, 1.807) is 0 Å². The first-order valence-corrected chi connectivity index (χ1v) is 4.91. The molecule has 0 saturated heterocycles. The Labute approximate surface area is 95.4 Å². The molecule has 0 heterocycles. The highest BCUT2D eigenvalue weighted by Gasteiger charge is 2.38. The summed E-state index contributed by atoms with van der Waals surface area (Å²) >= 11 is 5.57. The SMILES string of the molecule is CNC(Cc1cccc(F)c1Cl)C(F)(F)F. The Kier molecular flexibility index (Phi) is 4.15. The zero-order valence-corrected chi connectivity index (χ0v) is 9.16. The van der Waals surface area contributed by atoms with Crippen molar-refractivity contribution >= 4 is 11.6 Å². The second kappa shape index (κ2) is 5.01. The molecule has 1 aromatic carbocycles. The zero-order valence-electron chi connectivity index (χ0n) is 8.41. The Morgan fingerprint density at radius 1 is 1.38 bits per heavy atom. The van der Waals surface area contributed by atoms with E-state index in [0.717, 1.165) is 6.07 Å². The van der Waals surface area contributed by atoms with Gasteiger partial charge in [-0.25, -0.2) is 4.39 Å². The van der Waals surface area contributed by atoms with Crippen LogP contribution in [0.1, 0.15) is 5.56 Å². The molecule has 0 bridgehead atoms. The highest BCUT2D eigenvalue weighted by atomic mass is 35.5. The summed E-state index contributed by atoms with van der Waals surface area (Å²) < 4.78 is 50.3. The molecule has 1 rings (SSSR count). The van der Waals surface area contributed by atoms with Crippen LogP contribution in [0, 0.1) is 5.82 Å². The highest BCUT2D eigenvalue weighted by Crippen LogP contribution is 2.27. The van der Waals surface area contributed by atoms with Gasteiger partial charge in [0.15, 0.2) is 0 Å². The topological polar surface area (TPSA) is 12.0 Å². The molecule has 0 amide bonds. The third-order valence-corrected chi connectivity index (χ3v) is 2.62. The lowest BCUT2D eigenvalue weighted by atomic mass is 10.1. The molecule has 0 fully saturated rings. The average Bonchev–Trinajstić information content (AvgIpc) is 2.18. The summed E-state index contributed by atoms with van der Waals surface area (Å²) in [5.74, 6) is -0.712. The van der Waals surface area contributed by atoms with Crippen LogP contribution in [0.25, 0.3) is 0 Å². The molecular weight excluding hydrogens is 246 g/mol. The summed E-state index contributed by atoms with van der Waals surface area (Å²) in [7, 11) is 1.20. The Morgan fingerprint density at radius 3 is 2.50 bits per heavy atom. The molecule has 0 aliphatic rings. The highest BCUT2D eigenvalue weighted by molar-refractivity contribution is 6.31. The number of benzene rings is 1. The average molecular weight is 256 g/mol. The summed E-state index contributed by atoms with van der Waals surface area (Å²) in [6.45, 7) is 0. The van der Waals surface area contributed by atoms with Crippen LogP contribution in [-0.4, -0.2) is 19.3 Å². The molecule has 1 unspecified atom stereocenters. The van der Waals surface area contributed by atoms with Gasteiger partial charge in [0.25, 0.3) is 0 Å². The maximum Gasteiger partial charge on any atom is 0.404 e. The lowest BCUT2D eigenvalue weighted by Crippen LogP contribution is -2.41. The first-order valence-electron chi connectivity index (χ1n) is 4.53. The molecule has 1 nitrogen and oxygen atoms in total. The van der Waals surface area contributed by atoms with Crippen molar-refractivity contribution < 1.29 is 17.6 Å². The molecule has 1 N–H and O–H groups in total. The van der Waals surface area contributed by atoms with Gasteiger partial charge < -0.3 is 5.32 Å². The van der Waals surface area contributed by atoms with Gasteiger partial charge in [-0.05, 0) is 25.1 Å². The molecular formula is C10H10ClF4N. The van der Waals surface area contributed by atoms with Crippen LogP contribution < -0.4 is 5.32 Å². The first kappa shape index (κ1) is 13.3. The molecule has 90 valence electrons. The summed E-state index contributed by atoms with van der Waals surface area (Å²) in [6, 6.07) is 2.08. The van der Waals surface area contributed by atoms with Crippen LogP contribution in [-0.2, 0) is 6.42 Å². The van der Waals surface area contributed by atoms with Crippen molar-refractivity contribution in [1.29, 1.82) is 0 Å². The van der Waals surface area contributed by atoms with E-state index in [-0.39, 0.29) is 10.6 Å². The quantitative estimate of drug-likeness (QED) is 0.818. The summed E-state index contributed by atoms with van der Waals surface area (Å²) in [5.41, 5.74) is 0.137. The van der Waals surface area contributed by atoms with Gasteiger partial charge in [0.05, 0.1) is 5.02 Å². The van der Waals surface area contributed by atoms with Crippen molar-refractivity contribution in [3.05, 3.63) is 34.6 Å². The van der Waals surface area contributed by atoms with Gasteiger partial charge in [0.2, 0.25) is 0 Å². The van der Waals surface area contributed by atoms with Crippen molar-refractivity contribution in [2.75, 3.05) is 7.05 Å². The van der Waals surface area contributed by atoms with Crippen molar-refractivity contribution in [3.63, 3.8) is 0 Å². The van der Waals surface area contributed by atoms with E-state index in [2.05, 4.69) is 5.32 Å². The molecule has 0 spiro atoms. The molecule has 1 aromatic rings. The standard InChI is InChI=1S/C10H10ClF4N/c1-16-8(10(13,14)15)5-6-3-2-4-7(12)9(6)11/h2-4,8,16H,5H2,1H3. The number of nitrogens with one attached hydrogen (secondary N) is 1. The summed E-state index contributed by atoms with van der Waals surface area (Å²) in [5, 5.41) is 1.87. The maximum atomic E-state index is 13.0. The Bertz CT molecular complexity index is 364. The van der Waals surface area contributed by atoms with Gasteiger partial charge in [-0.2, -0.15) is 13.2 Å². The van der Waals surface area contributed by atoms with Crippen LogP contribution >= 0.6 is 11.6 Å². The van der Waals surface area contributed by atoms with Gasteiger partial charge in [0.1, 0.15) is 11.9 Å². The van der Waals surface area contributed by atoms with Crippen molar-refractivity contribution in [1.82, 2.24) is 5.32 Å². The van der Waals surface area contributed by atoms with Crippen LogP contribution in [0.5, 0.6) is 0 Å². The lowest BCUT2D eigenvalue weighted by molar-refractivity contribution is -0.154. The minimum Gasteiger partial charge on any atom is -0.309 e. The predicted octanol–water partition coefficient (Wildman–Crippen LogP) is 3.17. The molecule has 0 aliphatic carbocycles. The normalized spacial score (nSPS) is 13.9. The molecule has 0 aromatic heterocycles. The fourth-order valence-electron chi connectivity index (χ4n) is 1.31. The largest absolute Gasteiger partial charge is 0.404 e. The fourth-order valence-corrected chi connectivity index (χ4v) is 1.51. The number of rotatable bonds is 3. The second-order valence-electron chi connectivity index (χ2n) is 3.30. The Hall–Kier alpha value is -0.810. The summed E-state index contributed by atoms with van der Waals surface area (Å²) in [4.78, 5) is 0. The van der Waals surface area contributed by atoms with Gasteiger partial charge >= 0.3 is 6.18 Å². The van der Waals surface area contributed by atoms with E-state index in [4.69, 9.17) is 11.6 Å². The second-order valence-corrected chi connectivity index (χ2v) is 3.68. The monoisotopic (exact) mass is 255 g/mol. The number of halogens is 5. The van der Waals surface area contributed by atoms with Crippen LogP contribution in [0.4, 0.5) is 17.6 Å². The van der Waals surface area contributed by atoms with Crippen molar-refractivity contribution in [2.45, 2.75) is 18.6 Å². The number of likely N-dealkylation sites (N-methyl/N-ethyl adjacent to an activating group) is 1. The minimum absolute atomic E-state index is 0.137. The Morgan fingerprint density at radius 2 is 2.00 bits per heavy atom. The predicted molar refractivity (Wildman–Crippen MR) is 54.0 cm³/mol. The summed E-state index contributed by atoms with van der Waals surface area (Å²) in [6.07, 6.45) is -4.78. The number of hydrogen-bond acceptors (Lipinski definition) is 1. The maximum absolute atomic E-state index is 13.0. The van der Waals surface area contributed by atoms with E-state index in [1.807, 2.05) is 0 Å². The van der Waals surface area contributed by atoms with Crippen molar-refractivity contribution in [3.8, 4) is 0 Å². The molecule has 0 saturated carbocycles. The molecule has 1 atom stereocenters. The van der Waals surface area contributed by atoms with Crippen LogP contribution in [0.3, 0.4) is 0 Å². The van der Waals surface area contributed by atoms with Gasteiger partial charge in [-0.3, -0.25) is 0 Å². The van der Waals surface area contributed by atoms with Gasteiger partial charge in [-0.15, -0.1) is 0 Å². The van der Waals surface area contributed by atoms with Gasteiger partial charge in [0, 0.05) is 0 Å². The third-order valence-electron chi connectivity index (χ3n) is 2.20. The van der Waals surface area contributed by atoms with E-state index < -0.39 is 24.5 Å².